The van der Waals surface area contributed by atoms with E-state index in [9.17, 15) is 0 Å². The molecule has 8 aromatic rings. The number of benzene rings is 8. The van der Waals surface area contributed by atoms with E-state index in [0.717, 1.165) is 44.5 Å². The number of halogens is 16. The third kappa shape index (κ3) is 23.5. The van der Waals surface area contributed by atoms with Crippen LogP contribution in [0.25, 0.3) is 0 Å². The molecule has 8 rings (SSSR count). The van der Waals surface area contributed by atoms with E-state index in [2.05, 4.69) is 26.3 Å². The molecular formula is C84H84Cl16O8. The van der Waals surface area contributed by atoms with Gasteiger partial charge in [0.05, 0.1) is 133 Å². The largest absolute Gasteiger partial charge is 0.490 e. The number of unbranched alkanes of at least 4 members (excludes halogenated alkanes) is 2. The fourth-order valence-corrected chi connectivity index (χ4v) is 16.0. The van der Waals surface area contributed by atoms with Crippen LogP contribution in [0, 0.1) is 0 Å². The molecule has 0 aliphatic carbocycles. The Hall–Kier alpha value is -4.24. The van der Waals surface area contributed by atoms with Crippen LogP contribution in [0.2, 0.25) is 80.4 Å². The maximum absolute atomic E-state index is 6.71. The monoisotopic (exact) mass is 1780 g/mol. The molecule has 0 saturated heterocycles. The van der Waals surface area contributed by atoms with Gasteiger partial charge in [-0.2, -0.15) is 0 Å². The molecule has 580 valence electrons. The van der Waals surface area contributed by atoms with Crippen molar-refractivity contribution < 1.29 is 37.9 Å². The minimum absolute atomic E-state index is 0.363. The standard InChI is InChI=1S/2C42H42Cl8O4/c2*1-7-9-13-51-37-29(43)17-25(18-30(37)44)41(3,4)27-21-33(47)39(34(48)22-27)53-15-11-12-16-54-40-35(49)23-28(24-36(40)50)42(5,6)26-19-31(45)38(32(46)20-26)52-14-10-8-2/h2*7-8,17-24H,1-2,9-16H2,3-6H3. The number of ether oxygens (including phenoxy) is 8. The van der Waals surface area contributed by atoms with E-state index in [1.54, 1.807) is 24.3 Å². The van der Waals surface area contributed by atoms with E-state index >= 15 is 0 Å². The molecule has 0 atom stereocenters. The lowest BCUT2D eigenvalue weighted by Crippen LogP contribution is -2.19. The summed E-state index contributed by atoms with van der Waals surface area (Å²) < 4.78 is 47.1. The van der Waals surface area contributed by atoms with Crippen molar-refractivity contribution in [2.45, 2.75) is 128 Å². The van der Waals surface area contributed by atoms with Crippen LogP contribution in [0.1, 0.15) is 151 Å². The molecule has 108 heavy (non-hydrogen) atoms. The zero-order valence-electron chi connectivity index (χ0n) is 61.0. The molecular weight excluding hydrogens is 1700 g/mol. The normalized spacial score (nSPS) is 11.7. The molecule has 0 fully saturated rings. The summed E-state index contributed by atoms with van der Waals surface area (Å²) >= 11 is 106. The summed E-state index contributed by atoms with van der Waals surface area (Å²) in [5, 5.41) is 6.47. The predicted octanol–water partition coefficient (Wildman–Crippen LogP) is 31.4. The first-order valence-electron chi connectivity index (χ1n) is 34.5. The van der Waals surface area contributed by atoms with Crippen molar-refractivity contribution in [1.82, 2.24) is 0 Å². The average Bonchev–Trinajstić information content (AvgIpc) is 0.790. The van der Waals surface area contributed by atoms with Crippen LogP contribution in [-0.2, 0) is 21.7 Å². The van der Waals surface area contributed by atoms with Gasteiger partial charge in [0.2, 0.25) is 0 Å². The Labute approximate surface area is 716 Å². The highest BCUT2D eigenvalue weighted by Crippen LogP contribution is 2.50. The third-order valence-corrected chi connectivity index (χ3v) is 22.6. The zero-order chi connectivity index (χ0) is 79.6. The molecule has 24 heteroatoms. The van der Waals surface area contributed by atoms with E-state index in [0.29, 0.717) is 231 Å². The Bertz CT molecular complexity index is 3760. The van der Waals surface area contributed by atoms with Crippen molar-refractivity contribution in [2.75, 3.05) is 52.9 Å². The van der Waals surface area contributed by atoms with Crippen LogP contribution < -0.4 is 37.9 Å². The van der Waals surface area contributed by atoms with Crippen molar-refractivity contribution in [3.63, 3.8) is 0 Å². The van der Waals surface area contributed by atoms with E-state index in [1.807, 2.05) is 152 Å². The first kappa shape index (κ1) is 90.9. The fraction of sp³-hybridized carbons (Fsp3) is 0.333. The van der Waals surface area contributed by atoms with Gasteiger partial charge in [-0.25, -0.2) is 0 Å². The van der Waals surface area contributed by atoms with E-state index in [4.69, 9.17) is 224 Å². The summed E-state index contributed by atoms with van der Waals surface area (Å²) in [6.45, 7) is 34.3. The minimum atomic E-state index is -0.542. The average molecular weight is 1790 g/mol. The summed E-state index contributed by atoms with van der Waals surface area (Å²) in [7, 11) is 0. The lowest BCUT2D eigenvalue weighted by Gasteiger charge is -2.28. The van der Waals surface area contributed by atoms with Crippen molar-refractivity contribution >= 4 is 186 Å². The van der Waals surface area contributed by atoms with Gasteiger partial charge in [0.1, 0.15) is 0 Å². The number of hydrogen-bond acceptors (Lipinski definition) is 8. The quantitative estimate of drug-likeness (QED) is 0.0280. The van der Waals surface area contributed by atoms with Crippen molar-refractivity contribution in [1.29, 1.82) is 0 Å². The van der Waals surface area contributed by atoms with E-state index in [1.165, 1.54) is 0 Å². The van der Waals surface area contributed by atoms with Crippen molar-refractivity contribution in [3.05, 3.63) is 273 Å². The van der Waals surface area contributed by atoms with E-state index < -0.39 is 21.7 Å². The Kier molecular flexibility index (Phi) is 35.1. The summed E-state index contributed by atoms with van der Waals surface area (Å²) in [4.78, 5) is 0. The molecule has 0 aliphatic heterocycles. The Morgan fingerprint density at radius 2 is 0.306 bits per heavy atom. The zero-order valence-corrected chi connectivity index (χ0v) is 73.1. The van der Waals surface area contributed by atoms with E-state index in [-0.39, 0.29) is 0 Å². The van der Waals surface area contributed by atoms with Crippen LogP contribution in [0.3, 0.4) is 0 Å². The van der Waals surface area contributed by atoms with Gasteiger partial charge in [-0.1, -0.05) is 265 Å². The summed E-state index contributed by atoms with van der Waals surface area (Å²) in [5.74, 6) is 3.38. The Morgan fingerprint density at radius 3 is 0.407 bits per heavy atom. The van der Waals surface area contributed by atoms with Gasteiger partial charge in [0.15, 0.2) is 46.0 Å². The molecule has 0 unspecified atom stereocenters. The summed E-state index contributed by atoms with van der Waals surface area (Å²) in [6, 6.07) is 29.5. The van der Waals surface area contributed by atoms with Gasteiger partial charge >= 0.3 is 0 Å². The minimum Gasteiger partial charge on any atom is -0.490 e. The molecule has 0 aromatic heterocycles. The number of rotatable bonds is 38. The highest BCUT2D eigenvalue weighted by Gasteiger charge is 2.33. The fourth-order valence-electron chi connectivity index (χ4n) is 11.2. The summed E-state index contributed by atoms with van der Waals surface area (Å²) in [6.07, 6.45) is 12.4. The predicted molar refractivity (Wildman–Crippen MR) is 462 cm³/mol. The second kappa shape index (κ2) is 41.7. The van der Waals surface area contributed by atoms with Crippen LogP contribution in [0.15, 0.2) is 148 Å². The first-order valence-corrected chi connectivity index (χ1v) is 40.5. The van der Waals surface area contributed by atoms with Gasteiger partial charge in [-0.15, -0.1) is 26.3 Å². The molecule has 0 bridgehead atoms. The van der Waals surface area contributed by atoms with Gasteiger partial charge in [0, 0.05) is 21.7 Å². The molecule has 0 aliphatic rings. The molecule has 0 spiro atoms. The maximum Gasteiger partial charge on any atom is 0.156 e. The molecule has 0 radical (unpaired) electrons. The maximum atomic E-state index is 6.71. The molecule has 8 aromatic carbocycles. The molecule has 0 N–H and O–H groups in total. The lowest BCUT2D eigenvalue weighted by molar-refractivity contribution is 0.266. The Morgan fingerprint density at radius 1 is 0.204 bits per heavy atom. The smallest absolute Gasteiger partial charge is 0.156 e. The third-order valence-electron chi connectivity index (χ3n) is 18.1. The van der Waals surface area contributed by atoms with Crippen LogP contribution in [-0.4, -0.2) is 52.9 Å². The van der Waals surface area contributed by atoms with Crippen LogP contribution in [0.5, 0.6) is 46.0 Å². The van der Waals surface area contributed by atoms with Crippen LogP contribution >= 0.6 is 186 Å². The van der Waals surface area contributed by atoms with Crippen molar-refractivity contribution in [2.24, 2.45) is 0 Å². The van der Waals surface area contributed by atoms with Gasteiger partial charge in [0.25, 0.3) is 0 Å². The van der Waals surface area contributed by atoms with Gasteiger partial charge < -0.3 is 37.9 Å². The van der Waals surface area contributed by atoms with Gasteiger partial charge in [-0.3, -0.25) is 0 Å². The molecule has 0 saturated carbocycles. The first-order chi connectivity index (χ1) is 51.0. The summed E-state index contributed by atoms with van der Waals surface area (Å²) in [5.41, 5.74) is 4.79. The molecule has 0 amide bonds. The molecule has 8 nitrogen and oxygen atoms in total. The van der Waals surface area contributed by atoms with Crippen LogP contribution in [0.4, 0.5) is 0 Å². The second-order valence-corrected chi connectivity index (χ2v) is 33.7. The Balaban J connectivity index is 0.000000301. The van der Waals surface area contributed by atoms with Crippen molar-refractivity contribution in [3.8, 4) is 46.0 Å². The highest BCUT2D eigenvalue weighted by atomic mass is 35.5. The lowest BCUT2D eigenvalue weighted by atomic mass is 9.78. The highest BCUT2D eigenvalue weighted by molar-refractivity contribution is 6.41. The topological polar surface area (TPSA) is 73.8 Å². The SMILES string of the molecule is C=CCCOc1c(Cl)cc(C(C)(C)c2cc(Cl)c(OCCCCOc3c(Cl)cc(C(C)(C)c4cc(Cl)c(OCCC=C)c(Cl)c4)cc3Cl)c(Cl)c2)cc1Cl.C=CCCOc1c(Cl)cc(C(C)(C)c2cc(Cl)c(OCCCCOc3c(Cl)cc(C(C)(C)c4cc(Cl)c(OCCC=C)c(Cl)c4)cc3Cl)c(Cl)c2)cc1Cl. The van der Waals surface area contributed by atoms with Gasteiger partial charge in [-0.05, 0) is 193 Å². The second-order valence-electron chi connectivity index (χ2n) is 27.2. The molecule has 0 heterocycles. The number of hydrogen-bond donors (Lipinski definition) is 0.